The largest absolute Gasteiger partial charge is 0.382 e. The van der Waals surface area contributed by atoms with Crippen molar-refractivity contribution in [3.8, 4) is 0 Å². The highest BCUT2D eigenvalue weighted by molar-refractivity contribution is 6.21. The van der Waals surface area contributed by atoms with Crippen LogP contribution in [0, 0.1) is 0 Å². The zero-order valence-electron chi connectivity index (χ0n) is 9.58. The monoisotopic (exact) mass is 239 g/mol. The van der Waals surface area contributed by atoms with Gasteiger partial charge in [-0.2, -0.15) is 0 Å². The van der Waals surface area contributed by atoms with Gasteiger partial charge in [0.15, 0.2) is 0 Å². The van der Waals surface area contributed by atoms with Gasteiger partial charge in [0.25, 0.3) is 0 Å². The Labute approximate surface area is 102 Å². The van der Waals surface area contributed by atoms with Gasteiger partial charge in [-0.15, -0.1) is 11.6 Å². The van der Waals surface area contributed by atoms with Gasteiger partial charge in [-0.25, -0.2) is 0 Å². The van der Waals surface area contributed by atoms with Crippen LogP contribution in [0.3, 0.4) is 0 Å². The van der Waals surface area contributed by atoms with Crippen molar-refractivity contribution >= 4 is 17.3 Å². The van der Waals surface area contributed by atoms with Crippen LogP contribution in [-0.2, 0) is 4.74 Å². The molecule has 0 radical (unpaired) electrons. The molecular weight excluding hydrogens is 222 g/mol. The number of alkyl halides is 1. The first-order valence-electron chi connectivity index (χ1n) is 5.86. The topological polar surface area (TPSA) is 21.3 Å². The minimum absolute atomic E-state index is 0.0354. The van der Waals surface area contributed by atoms with E-state index in [0.29, 0.717) is 6.10 Å². The molecule has 0 amide bonds. The van der Waals surface area contributed by atoms with Gasteiger partial charge >= 0.3 is 0 Å². The van der Waals surface area contributed by atoms with E-state index in [1.54, 1.807) is 0 Å². The van der Waals surface area contributed by atoms with Gasteiger partial charge in [0.1, 0.15) is 0 Å². The Morgan fingerprint density at radius 3 is 3.00 bits per heavy atom. The average Bonchev–Trinajstić information content (AvgIpc) is 2.79. The molecule has 2 nitrogen and oxygen atoms in total. The summed E-state index contributed by atoms with van der Waals surface area (Å²) in [7, 11) is 0. The molecule has 1 saturated heterocycles. The van der Waals surface area contributed by atoms with Crippen molar-refractivity contribution in [3.05, 3.63) is 29.8 Å². The van der Waals surface area contributed by atoms with Crippen LogP contribution < -0.4 is 5.32 Å². The van der Waals surface area contributed by atoms with Crippen molar-refractivity contribution < 1.29 is 4.74 Å². The quantitative estimate of drug-likeness (QED) is 0.811. The van der Waals surface area contributed by atoms with Crippen molar-refractivity contribution in [1.82, 2.24) is 0 Å². The zero-order valence-corrected chi connectivity index (χ0v) is 10.3. The van der Waals surface area contributed by atoms with Gasteiger partial charge in [-0.1, -0.05) is 18.2 Å². The molecule has 1 fully saturated rings. The van der Waals surface area contributed by atoms with Crippen LogP contribution in [0.1, 0.15) is 30.7 Å². The number of para-hydroxylation sites is 1. The van der Waals surface area contributed by atoms with Crippen molar-refractivity contribution in [2.24, 2.45) is 0 Å². The number of rotatable bonds is 4. The van der Waals surface area contributed by atoms with Crippen LogP contribution in [0.4, 0.5) is 5.69 Å². The van der Waals surface area contributed by atoms with Crippen molar-refractivity contribution in [3.63, 3.8) is 0 Å². The van der Waals surface area contributed by atoms with E-state index < -0.39 is 0 Å². The third-order valence-electron chi connectivity index (χ3n) is 2.93. The molecule has 0 saturated carbocycles. The molecule has 1 aromatic rings. The second kappa shape index (κ2) is 5.55. The summed E-state index contributed by atoms with van der Waals surface area (Å²) in [6.07, 6.45) is 2.70. The molecule has 88 valence electrons. The van der Waals surface area contributed by atoms with Crippen LogP contribution in [0.25, 0.3) is 0 Å². The molecule has 0 aliphatic carbocycles. The lowest BCUT2D eigenvalue weighted by atomic mass is 10.1. The molecule has 2 atom stereocenters. The molecule has 1 aliphatic heterocycles. The van der Waals surface area contributed by atoms with E-state index in [9.17, 15) is 0 Å². The minimum Gasteiger partial charge on any atom is -0.382 e. The Bertz CT molecular complexity index is 334. The molecule has 0 aromatic heterocycles. The van der Waals surface area contributed by atoms with E-state index in [-0.39, 0.29) is 5.38 Å². The van der Waals surface area contributed by atoms with Gasteiger partial charge < -0.3 is 10.1 Å². The second-order valence-corrected chi connectivity index (χ2v) is 4.87. The summed E-state index contributed by atoms with van der Waals surface area (Å²) in [6.45, 7) is 3.77. The van der Waals surface area contributed by atoms with Gasteiger partial charge in [0, 0.05) is 18.8 Å². The number of anilines is 1. The van der Waals surface area contributed by atoms with Gasteiger partial charge in [-0.05, 0) is 31.4 Å². The Kier molecular flexibility index (Phi) is 4.08. The maximum atomic E-state index is 6.13. The summed E-state index contributed by atoms with van der Waals surface area (Å²) in [5.41, 5.74) is 2.28. The van der Waals surface area contributed by atoms with Crippen molar-refractivity contribution in [1.29, 1.82) is 0 Å². The minimum atomic E-state index is 0.0354. The number of hydrogen-bond acceptors (Lipinski definition) is 2. The maximum Gasteiger partial charge on any atom is 0.0748 e. The number of benzene rings is 1. The number of nitrogens with one attached hydrogen (secondary N) is 1. The Morgan fingerprint density at radius 1 is 1.50 bits per heavy atom. The van der Waals surface area contributed by atoms with Crippen LogP contribution in [0.5, 0.6) is 0 Å². The molecular formula is C13H18ClNO. The van der Waals surface area contributed by atoms with Crippen LogP contribution in [0.15, 0.2) is 24.3 Å². The molecule has 1 N–H and O–H groups in total. The fourth-order valence-electron chi connectivity index (χ4n) is 2.03. The lowest BCUT2D eigenvalue weighted by Gasteiger charge is -2.16. The average molecular weight is 240 g/mol. The Hall–Kier alpha value is -0.730. The van der Waals surface area contributed by atoms with Crippen LogP contribution in [0.2, 0.25) is 0 Å². The zero-order chi connectivity index (χ0) is 11.4. The molecule has 1 heterocycles. The van der Waals surface area contributed by atoms with Crippen molar-refractivity contribution in [2.75, 3.05) is 18.5 Å². The SMILES string of the molecule is CC(Cl)c1ccccc1NCC1CCCO1. The van der Waals surface area contributed by atoms with E-state index in [2.05, 4.69) is 17.4 Å². The smallest absolute Gasteiger partial charge is 0.0748 e. The Morgan fingerprint density at radius 2 is 2.31 bits per heavy atom. The predicted octanol–water partition coefficient (Wildman–Crippen LogP) is 3.58. The van der Waals surface area contributed by atoms with E-state index >= 15 is 0 Å². The molecule has 16 heavy (non-hydrogen) atoms. The number of hydrogen-bond donors (Lipinski definition) is 1. The van der Waals surface area contributed by atoms with Crippen LogP contribution in [-0.4, -0.2) is 19.3 Å². The van der Waals surface area contributed by atoms with E-state index in [0.717, 1.165) is 30.8 Å². The van der Waals surface area contributed by atoms with E-state index in [4.69, 9.17) is 16.3 Å². The molecule has 1 aromatic carbocycles. The molecule has 3 heteroatoms. The molecule has 2 unspecified atom stereocenters. The van der Waals surface area contributed by atoms with E-state index in [1.165, 1.54) is 6.42 Å². The molecule has 0 bridgehead atoms. The predicted molar refractivity (Wildman–Crippen MR) is 68.2 cm³/mol. The number of ether oxygens (including phenoxy) is 1. The summed E-state index contributed by atoms with van der Waals surface area (Å²) < 4.78 is 5.58. The maximum absolute atomic E-state index is 6.13. The first-order valence-corrected chi connectivity index (χ1v) is 6.29. The summed E-state index contributed by atoms with van der Waals surface area (Å²) >= 11 is 6.13. The Balaban J connectivity index is 1.97. The van der Waals surface area contributed by atoms with E-state index in [1.807, 2.05) is 19.1 Å². The van der Waals surface area contributed by atoms with Crippen molar-refractivity contribution in [2.45, 2.75) is 31.2 Å². The first kappa shape index (κ1) is 11.7. The highest BCUT2D eigenvalue weighted by Gasteiger charge is 2.15. The summed E-state index contributed by atoms with van der Waals surface area (Å²) in [5, 5.41) is 3.46. The lowest BCUT2D eigenvalue weighted by Crippen LogP contribution is -2.19. The van der Waals surface area contributed by atoms with Gasteiger partial charge in [0.2, 0.25) is 0 Å². The standard InChI is InChI=1S/C13H18ClNO/c1-10(14)12-6-2-3-7-13(12)15-9-11-5-4-8-16-11/h2-3,6-7,10-11,15H,4-5,8-9H2,1H3. The van der Waals surface area contributed by atoms with Gasteiger partial charge in [0.05, 0.1) is 11.5 Å². The fourth-order valence-corrected chi connectivity index (χ4v) is 2.22. The summed E-state index contributed by atoms with van der Waals surface area (Å²) in [6, 6.07) is 8.19. The third-order valence-corrected chi connectivity index (χ3v) is 3.17. The highest BCUT2D eigenvalue weighted by atomic mass is 35.5. The van der Waals surface area contributed by atoms with Crippen LogP contribution >= 0.6 is 11.6 Å². The number of halogens is 1. The summed E-state index contributed by atoms with van der Waals surface area (Å²) in [5.74, 6) is 0. The lowest BCUT2D eigenvalue weighted by molar-refractivity contribution is 0.120. The fraction of sp³-hybridized carbons (Fsp3) is 0.538. The molecule has 0 spiro atoms. The molecule has 1 aliphatic rings. The molecule has 2 rings (SSSR count). The summed E-state index contributed by atoms with van der Waals surface area (Å²) in [4.78, 5) is 0. The second-order valence-electron chi connectivity index (χ2n) is 4.22. The van der Waals surface area contributed by atoms with Gasteiger partial charge in [-0.3, -0.25) is 0 Å². The highest BCUT2D eigenvalue weighted by Crippen LogP contribution is 2.27. The first-order chi connectivity index (χ1) is 7.77. The third kappa shape index (κ3) is 2.89. The normalized spacial score (nSPS) is 22.0.